The van der Waals surface area contributed by atoms with E-state index in [9.17, 15) is 9.59 Å². The Morgan fingerprint density at radius 2 is 2.18 bits per heavy atom. The van der Waals surface area contributed by atoms with Gasteiger partial charge in [0.15, 0.2) is 0 Å². The quantitative estimate of drug-likeness (QED) is 0.438. The highest BCUT2D eigenvalue weighted by atomic mass is 16.6. The van der Waals surface area contributed by atoms with Crippen LogP contribution in [0, 0.1) is 0 Å². The lowest BCUT2D eigenvalue weighted by atomic mass is 10.4. The Morgan fingerprint density at radius 3 is 2.64 bits per heavy atom. The number of esters is 2. The number of carbonyl (C=O) groups is 2. The van der Waals surface area contributed by atoms with Crippen molar-refractivity contribution in [3.8, 4) is 0 Å². The van der Waals surface area contributed by atoms with E-state index in [0.717, 1.165) is 0 Å². The van der Waals surface area contributed by atoms with Gasteiger partial charge in [-0.25, -0.2) is 0 Å². The summed E-state index contributed by atoms with van der Waals surface area (Å²) in [6, 6.07) is 0. The molecule has 1 aliphatic rings. The number of ether oxygens (including phenoxy) is 2. The molecule has 0 aromatic rings. The van der Waals surface area contributed by atoms with E-state index in [4.69, 9.17) is 0 Å². The summed E-state index contributed by atoms with van der Waals surface area (Å²) in [6.45, 7) is 0. The van der Waals surface area contributed by atoms with Gasteiger partial charge in [0, 0.05) is 6.42 Å². The molecule has 0 fully saturated rings. The molecule has 0 atom stereocenters. The highest BCUT2D eigenvalue weighted by Crippen LogP contribution is 2.19. The molecule has 0 spiro atoms. The number of hydrogen-bond donors (Lipinski definition) is 0. The third-order valence-electron chi connectivity index (χ3n) is 1.13. The molecule has 1 rings (SSSR count). The average molecular weight is 156 g/mol. The second-order valence-electron chi connectivity index (χ2n) is 2.10. The maximum Gasteiger partial charge on any atom is 0.322 e. The third kappa shape index (κ3) is 2.84. The van der Waals surface area contributed by atoms with Crippen molar-refractivity contribution in [1.29, 1.82) is 0 Å². The molecule has 0 aromatic heterocycles. The Bertz CT molecular complexity index is 216. The molecular formula is C7H8O4. The van der Waals surface area contributed by atoms with E-state index >= 15 is 0 Å². The van der Waals surface area contributed by atoms with Crippen LogP contribution in [-0.2, 0) is 19.1 Å². The van der Waals surface area contributed by atoms with E-state index in [1.807, 2.05) is 0 Å². The zero-order chi connectivity index (χ0) is 8.27. The van der Waals surface area contributed by atoms with Crippen LogP contribution in [0.15, 0.2) is 11.8 Å². The van der Waals surface area contributed by atoms with E-state index in [-0.39, 0.29) is 6.42 Å². The minimum atomic E-state index is -0.573. The zero-order valence-corrected chi connectivity index (χ0v) is 6.12. The zero-order valence-electron chi connectivity index (χ0n) is 6.12. The van der Waals surface area contributed by atoms with Crippen molar-refractivity contribution in [1.82, 2.24) is 0 Å². The summed E-state index contributed by atoms with van der Waals surface area (Å²) in [7, 11) is 1.23. The first-order valence-electron chi connectivity index (χ1n) is 3.19. The normalized spacial score (nSPS) is 13.4. The fraction of sp³-hybridized carbons (Fsp3) is 0.429. The molecule has 1 aliphatic carbocycles. The van der Waals surface area contributed by atoms with Crippen molar-refractivity contribution in [2.24, 2.45) is 0 Å². The largest absolute Gasteiger partial charge is 0.469 e. The summed E-state index contributed by atoms with van der Waals surface area (Å²) >= 11 is 0. The first-order valence-corrected chi connectivity index (χ1v) is 3.19. The summed E-state index contributed by atoms with van der Waals surface area (Å²) in [6.07, 6.45) is 2.16. The Hall–Kier alpha value is -1.32. The van der Waals surface area contributed by atoms with Crippen LogP contribution in [0.3, 0.4) is 0 Å². The molecule has 4 heteroatoms. The van der Waals surface area contributed by atoms with Gasteiger partial charge in [-0.05, 0) is 6.08 Å². The Kier molecular flexibility index (Phi) is 2.25. The van der Waals surface area contributed by atoms with E-state index in [1.54, 1.807) is 6.08 Å². The number of methoxy groups -OCH3 is 1. The van der Waals surface area contributed by atoms with E-state index in [2.05, 4.69) is 9.47 Å². The summed E-state index contributed by atoms with van der Waals surface area (Å²) in [5, 5.41) is 0. The summed E-state index contributed by atoms with van der Waals surface area (Å²) in [4.78, 5) is 21.2. The molecule has 0 N–H and O–H groups in total. The number of allylic oxidation sites excluding steroid dienone is 2. The maximum absolute atomic E-state index is 10.7. The molecule has 60 valence electrons. The van der Waals surface area contributed by atoms with Crippen molar-refractivity contribution in [3.63, 3.8) is 0 Å². The van der Waals surface area contributed by atoms with Crippen LogP contribution in [0.1, 0.15) is 12.8 Å². The summed E-state index contributed by atoms with van der Waals surface area (Å²) in [5.74, 6) is -0.490. The smallest absolute Gasteiger partial charge is 0.322 e. The van der Waals surface area contributed by atoms with Crippen LogP contribution in [0.25, 0.3) is 0 Å². The SMILES string of the molecule is COC(=O)CC(=O)OC1=CC1. The lowest BCUT2D eigenvalue weighted by Gasteiger charge is -1.97. The van der Waals surface area contributed by atoms with Gasteiger partial charge in [-0.1, -0.05) is 0 Å². The molecule has 0 amide bonds. The Labute approximate surface area is 63.8 Å². The van der Waals surface area contributed by atoms with Gasteiger partial charge in [-0.3, -0.25) is 9.59 Å². The van der Waals surface area contributed by atoms with Crippen LogP contribution in [-0.4, -0.2) is 19.0 Å². The van der Waals surface area contributed by atoms with Crippen molar-refractivity contribution in [2.45, 2.75) is 12.8 Å². The molecule has 0 bridgehead atoms. The molecular weight excluding hydrogens is 148 g/mol. The van der Waals surface area contributed by atoms with Gasteiger partial charge in [-0.2, -0.15) is 0 Å². The minimum Gasteiger partial charge on any atom is -0.469 e. The fourth-order valence-electron chi connectivity index (χ4n) is 0.497. The molecule has 0 aromatic carbocycles. The highest BCUT2D eigenvalue weighted by Gasteiger charge is 2.16. The van der Waals surface area contributed by atoms with Crippen LogP contribution in [0.4, 0.5) is 0 Å². The predicted molar refractivity (Wildman–Crippen MR) is 35.4 cm³/mol. The fourth-order valence-corrected chi connectivity index (χ4v) is 0.497. The van der Waals surface area contributed by atoms with Gasteiger partial charge < -0.3 is 9.47 Å². The number of hydrogen-bond acceptors (Lipinski definition) is 4. The second kappa shape index (κ2) is 3.18. The lowest BCUT2D eigenvalue weighted by molar-refractivity contribution is -0.150. The van der Waals surface area contributed by atoms with E-state index in [0.29, 0.717) is 12.2 Å². The molecule has 0 unspecified atom stereocenters. The van der Waals surface area contributed by atoms with Crippen molar-refractivity contribution >= 4 is 11.9 Å². The lowest BCUT2D eigenvalue weighted by Crippen LogP contribution is -2.10. The van der Waals surface area contributed by atoms with Crippen LogP contribution in [0.5, 0.6) is 0 Å². The topological polar surface area (TPSA) is 52.6 Å². The summed E-state index contributed by atoms with van der Waals surface area (Å²) in [5.41, 5.74) is 0. The second-order valence-corrected chi connectivity index (χ2v) is 2.10. The van der Waals surface area contributed by atoms with Gasteiger partial charge in [0.1, 0.15) is 12.2 Å². The van der Waals surface area contributed by atoms with Crippen molar-refractivity contribution in [3.05, 3.63) is 11.8 Å². The average Bonchev–Trinajstić information content (AvgIpc) is 2.71. The van der Waals surface area contributed by atoms with Crippen LogP contribution in [0.2, 0.25) is 0 Å². The van der Waals surface area contributed by atoms with Gasteiger partial charge in [0.25, 0.3) is 0 Å². The van der Waals surface area contributed by atoms with Gasteiger partial charge in [-0.15, -0.1) is 0 Å². The Balaban J connectivity index is 2.19. The number of carbonyl (C=O) groups excluding carboxylic acids is 2. The molecule has 0 aliphatic heterocycles. The molecule has 0 heterocycles. The third-order valence-corrected chi connectivity index (χ3v) is 1.13. The Morgan fingerprint density at radius 1 is 1.55 bits per heavy atom. The van der Waals surface area contributed by atoms with Crippen LogP contribution < -0.4 is 0 Å². The van der Waals surface area contributed by atoms with Crippen molar-refractivity contribution in [2.75, 3.05) is 7.11 Å². The van der Waals surface area contributed by atoms with E-state index < -0.39 is 11.9 Å². The first kappa shape index (κ1) is 7.78. The predicted octanol–water partition coefficient (Wildman–Crippen LogP) is 0.380. The van der Waals surface area contributed by atoms with Gasteiger partial charge in [0.05, 0.1) is 7.11 Å². The van der Waals surface area contributed by atoms with E-state index in [1.165, 1.54) is 7.11 Å². The maximum atomic E-state index is 10.7. The van der Waals surface area contributed by atoms with Gasteiger partial charge in [0.2, 0.25) is 0 Å². The molecule has 0 radical (unpaired) electrons. The molecule has 11 heavy (non-hydrogen) atoms. The number of rotatable bonds is 3. The summed E-state index contributed by atoms with van der Waals surface area (Å²) < 4.78 is 8.92. The minimum absolute atomic E-state index is 0.312. The van der Waals surface area contributed by atoms with Crippen LogP contribution >= 0.6 is 0 Å². The molecule has 0 saturated heterocycles. The standard InChI is InChI=1S/C7H8O4/c1-10-6(8)4-7(9)11-5-2-3-5/h2H,3-4H2,1H3. The highest BCUT2D eigenvalue weighted by molar-refractivity contribution is 5.91. The molecule has 0 saturated carbocycles. The first-order chi connectivity index (χ1) is 5.22. The van der Waals surface area contributed by atoms with Crippen molar-refractivity contribution < 1.29 is 19.1 Å². The monoisotopic (exact) mass is 156 g/mol. The van der Waals surface area contributed by atoms with Gasteiger partial charge >= 0.3 is 11.9 Å². The molecule has 4 nitrogen and oxygen atoms in total.